The van der Waals surface area contributed by atoms with Gasteiger partial charge in [0.2, 0.25) is 5.91 Å². The molecule has 10 nitrogen and oxygen atoms in total. The number of carbonyl (C=O) groups is 3. The Kier molecular flexibility index (Phi) is 7.85. The maximum Gasteiger partial charge on any atom is 0.408 e. The molecule has 0 unspecified atom stereocenters. The van der Waals surface area contributed by atoms with Gasteiger partial charge >= 0.3 is 6.09 Å². The van der Waals surface area contributed by atoms with Gasteiger partial charge in [-0.25, -0.2) is 9.78 Å². The lowest BCUT2D eigenvalue weighted by Gasteiger charge is -2.22. The van der Waals surface area contributed by atoms with Crippen LogP contribution in [0.25, 0.3) is 0 Å². The van der Waals surface area contributed by atoms with Crippen LogP contribution in [0.4, 0.5) is 22.0 Å². The summed E-state index contributed by atoms with van der Waals surface area (Å²) in [6, 6.07) is 12.7. The maximum absolute atomic E-state index is 13.2. The van der Waals surface area contributed by atoms with Gasteiger partial charge in [-0.3, -0.25) is 14.6 Å². The van der Waals surface area contributed by atoms with Crippen LogP contribution in [0.15, 0.2) is 61.1 Å². The van der Waals surface area contributed by atoms with Gasteiger partial charge < -0.3 is 25.6 Å². The van der Waals surface area contributed by atoms with Crippen LogP contribution in [0.2, 0.25) is 0 Å². The minimum Gasteiger partial charge on any atom is -0.444 e. The van der Waals surface area contributed by atoms with E-state index in [1.54, 1.807) is 62.5 Å². The highest BCUT2D eigenvalue weighted by Gasteiger charge is 2.38. The molecule has 0 fully saturated rings. The third-order valence-electron chi connectivity index (χ3n) is 6.17. The summed E-state index contributed by atoms with van der Waals surface area (Å²) in [6.45, 7) is 10.1. The Morgan fingerprint density at radius 1 is 1.05 bits per heavy atom. The van der Waals surface area contributed by atoms with Gasteiger partial charge in [-0.05, 0) is 68.3 Å². The molecule has 1 aliphatic heterocycles. The Morgan fingerprint density at radius 2 is 1.79 bits per heavy atom. The molecule has 0 spiro atoms. The summed E-state index contributed by atoms with van der Waals surface area (Å²) in [6.07, 6.45) is 4.39. The van der Waals surface area contributed by atoms with E-state index in [4.69, 9.17) is 4.74 Å². The second kappa shape index (κ2) is 11.1. The number of ether oxygens (including phenoxy) is 1. The van der Waals surface area contributed by atoms with Crippen LogP contribution in [-0.4, -0.2) is 46.6 Å². The molecule has 1 aromatic carbocycles. The Labute approximate surface area is 228 Å². The molecule has 2 aromatic heterocycles. The van der Waals surface area contributed by atoms with Crippen LogP contribution in [0.1, 0.15) is 56.1 Å². The van der Waals surface area contributed by atoms with E-state index in [2.05, 4.69) is 39.8 Å². The van der Waals surface area contributed by atoms with Gasteiger partial charge in [0.1, 0.15) is 18.0 Å². The number of nitrogens with one attached hydrogen (secondary N) is 3. The minimum absolute atomic E-state index is 0.205. The highest BCUT2D eigenvalue weighted by molar-refractivity contribution is 6.08. The van der Waals surface area contributed by atoms with Gasteiger partial charge in [0.25, 0.3) is 5.91 Å². The summed E-state index contributed by atoms with van der Waals surface area (Å²) in [5, 5.41) is 8.68. The zero-order valence-electron chi connectivity index (χ0n) is 22.9. The van der Waals surface area contributed by atoms with Crippen molar-refractivity contribution in [2.45, 2.75) is 52.2 Å². The molecule has 3 N–H and O–H groups in total. The number of benzene rings is 1. The first-order valence-corrected chi connectivity index (χ1v) is 12.7. The Bertz CT molecular complexity index is 1370. The Balaban J connectivity index is 1.48. The largest absolute Gasteiger partial charge is 0.444 e. The summed E-state index contributed by atoms with van der Waals surface area (Å²) in [7, 11) is 0. The molecule has 3 aromatic rings. The summed E-state index contributed by atoms with van der Waals surface area (Å²) >= 11 is 0. The highest BCUT2D eigenvalue weighted by Crippen LogP contribution is 2.42. The standard InChI is InChI=1S/C29H34N6O4/c1-28(2,3)39-27(38)33-17-24(36)35-18-29(4,5)22-9-8-20(15-23(22)35)34-26(37)21-7-6-12-31-25(21)32-16-19-10-13-30-14-11-19/h6-15H,16-18H2,1-5H3,(H,31,32)(H,33,38)(H,34,37). The molecule has 0 atom stereocenters. The number of pyridine rings is 2. The molecule has 0 bridgehead atoms. The van der Waals surface area contributed by atoms with Crippen molar-refractivity contribution in [2.75, 3.05) is 28.6 Å². The molecular formula is C29H34N6O4. The first kappa shape index (κ1) is 27.6. The molecule has 3 heterocycles. The number of carbonyl (C=O) groups excluding carboxylic acids is 3. The van der Waals surface area contributed by atoms with Crippen LogP contribution >= 0.6 is 0 Å². The molecule has 204 valence electrons. The van der Waals surface area contributed by atoms with Gasteiger partial charge in [0.05, 0.1) is 5.56 Å². The summed E-state index contributed by atoms with van der Waals surface area (Å²) < 4.78 is 5.24. The van der Waals surface area contributed by atoms with Gasteiger partial charge in [0, 0.05) is 48.5 Å². The normalized spacial score (nSPS) is 13.8. The van der Waals surface area contributed by atoms with Crippen molar-refractivity contribution in [3.63, 3.8) is 0 Å². The SMILES string of the molecule is CC(C)(C)OC(=O)NCC(=O)N1CC(C)(C)c2ccc(NC(=O)c3cccnc3NCc3ccncc3)cc21. The predicted molar refractivity (Wildman–Crippen MR) is 150 cm³/mol. The van der Waals surface area contributed by atoms with Crippen molar-refractivity contribution in [3.8, 4) is 0 Å². The quantitative estimate of drug-likeness (QED) is 0.411. The number of rotatable bonds is 7. The smallest absolute Gasteiger partial charge is 0.408 e. The Morgan fingerprint density at radius 3 is 2.51 bits per heavy atom. The topological polar surface area (TPSA) is 126 Å². The molecule has 0 radical (unpaired) electrons. The number of amides is 3. The number of nitrogens with zero attached hydrogens (tertiary/aromatic N) is 3. The fraction of sp³-hybridized carbons (Fsp3) is 0.345. The van der Waals surface area contributed by atoms with E-state index < -0.39 is 11.7 Å². The van der Waals surface area contributed by atoms with Crippen LogP contribution < -0.4 is 20.9 Å². The van der Waals surface area contributed by atoms with E-state index in [0.717, 1.165) is 11.1 Å². The van der Waals surface area contributed by atoms with E-state index in [-0.39, 0.29) is 23.8 Å². The molecule has 0 saturated heterocycles. The summed E-state index contributed by atoms with van der Waals surface area (Å²) in [4.78, 5) is 48.4. The van der Waals surface area contributed by atoms with Crippen molar-refractivity contribution >= 4 is 35.1 Å². The summed E-state index contributed by atoms with van der Waals surface area (Å²) in [5.74, 6) is -0.146. The van der Waals surface area contributed by atoms with E-state index >= 15 is 0 Å². The first-order chi connectivity index (χ1) is 18.4. The van der Waals surface area contributed by atoms with Gasteiger partial charge in [-0.1, -0.05) is 19.9 Å². The third-order valence-corrected chi connectivity index (χ3v) is 6.17. The molecule has 39 heavy (non-hydrogen) atoms. The number of hydrogen-bond donors (Lipinski definition) is 3. The molecule has 4 rings (SSSR count). The number of alkyl carbamates (subject to hydrolysis) is 1. The fourth-order valence-corrected chi connectivity index (χ4v) is 4.36. The average Bonchev–Trinajstić information content (AvgIpc) is 3.16. The minimum atomic E-state index is -0.662. The van der Waals surface area contributed by atoms with Crippen LogP contribution in [0.5, 0.6) is 0 Å². The van der Waals surface area contributed by atoms with Gasteiger partial charge in [0.15, 0.2) is 0 Å². The van der Waals surface area contributed by atoms with Gasteiger partial charge in [-0.15, -0.1) is 0 Å². The first-order valence-electron chi connectivity index (χ1n) is 12.7. The van der Waals surface area contributed by atoms with Crippen molar-refractivity contribution in [2.24, 2.45) is 0 Å². The average molecular weight is 531 g/mol. The molecule has 0 saturated carbocycles. The second-order valence-electron chi connectivity index (χ2n) is 11.0. The van der Waals surface area contributed by atoms with Crippen LogP contribution in [-0.2, 0) is 21.5 Å². The molecule has 0 aliphatic carbocycles. The van der Waals surface area contributed by atoms with E-state index in [1.165, 1.54) is 0 Å². The van der Waals surface area contributed by atoms with E-state index in [9.17, 15) is 14.4 Å². The highest BCUT2D eigenvalue weighted by atomic mass is 16.6. The maximum atomic E-state index is 13.2. The van der Waals surface area contributed by atoms with E-state index in [0.29, 0.717) is 35.8 Å². The van der Waals surface area contributed by atoms with E-state index in [1.807, 2.05) is 24.3 Å². The molecule has 3 amide bonds. The molecule has 10 heteroatoms. The second-order valence-corrected chi connectivity index (χ2v) is 11.0. The fourth-order valence-electron chi connectivity index (χ4n) is 4.36. The van der Waals surface area contributed by atoms with Gasteiger partial charge in [-0.2, -0.15) is 0 Å². The lowest BCUT2D eigenvalue weighted by molar-refractivity contribution is -0.117. The third kappa shape index (κ3) is 6.90. The predicted octanol–water partition coefficient (Wildman–Crippen LogP) is 4.49. The van der Waals surface area contributed by atoms with Crippen molar-refractivity contribution < 1.29 is 19.1 Å². The van der Waals surface area contributed by atoms with Crippen molar-refractivity contribution in [1.82, 2.24) is 15.3 Å². The zero-order valence-corrected chi connectivity index (χ0v) is 22.9. The number of fused-ring (bicyclic) bond motifs is 1. The molecule has 1 aliphatic rings. The van der Waals surface area contributed by atoms with Crippen molar-refractivity contribution in [3.05, 3.63) is 77.7 Å². The lowest BCUT2D eigenvalue weighted by atomic mass is 9.87. The zero-order chi connectivity index (χ0) is 28.2. The van der Waals surface area contributed by atoms with Crippen LogP contribution in [0.3, 0.4) is 0 Å². The molecular weight excluding hydrogens is 496 g/mol. The lowest BCUT2D eigenvalue weighted by Crippen LogP contribution is -2.42. The Hall–Kier alpha value is -4.47. The number of aromatic nitrogens is 2. The number of hydrogen-bond acceptors (Lipinski definition) is 7. The van der Waals surface area contributed by atoms with Crippen LogP contribution in [0, 0.1) is 0 Å². The number of anilines is 3. The summed E-state index contributed by atoms with van der Waals surface area (Å²) in [5.41, 5.74) is 2.65. The van der Waals surface area contributed by atoms with Crippen molar-refractivity contribution in [1.29, 1.82) is 0 Å². The monoisotopic (exact) mass is 530 g/mol.